The zero-order chi connectivity index (χ0) is 18.6. The molecule has 8 nitrogen and oxygen atoms in total. The molecule has 0 unspecified atom stereocenters. The van der Waals surface area contributed by atoms with Gasteiger partial charge in [-0.2, -0.15) is 4.98 Å². The van der Waals surface area contributed by atoms with Crippen molar-refractivity contribution in [1.82, 2.24) is 9.97 Å². The molecule has 1 aromatic heterocycles. The van der Waals surface area contributed by atoms with Crippen LogP contribution in [0.5, 0.6) is 11.6 Å². The highest BCUT2D eigenvalue weighted by molar-refractivity contribution is 5.95. The molecule has 1 heterocycles. The zero-order valence-corrected chi connectivity index (χ0v) is 14.4. The van der Waals surface area contributed by atoms with Crippen molar-refractivity contribution in [2.75, 3.05) is 14.2 Å². The van der Waals surface area contributed by atoms with Gasteiger partial charge in [0.25, 0.3) is 5.88 Å². The van der Waals surface area contributed by atoms with Crippen LogP contribution in [-0.2, 0) is 10.3 Å². The summed E-state index contributed by atoms with van der Waals surface area (Å²) >= 11 is 0. The molecule has 0 amide bonds. The number of esters is 2. The highest BCUT2D eigenvalue weighted by Crippen LogP contribution is 2.31. The Labute approximate surface area is 144 Å². The quantitative estimate of drug-likeness (QED) is 0.814. The monoisotopic (exact) mass is 345 g/mol. The van der Waals surface area contributed by atoms with Crippen molar-refractivity contribution in [2.45, 2.75) is 19.4 Å². The fourth-order valence-corrected chi connectivity index (χ4v) is 1.91. The van der Waals surface area contributed by atoms with Gasteiger partial charge in [-0.1, -0.05) is 18.2 Å². The number of carbonyl (C=O) groups is 2. The maximum absolute atomic E-state index is 12.3. The first kappa shape index (κ1) is 18.3. The van der Waals surface area contributed by atoms with E-state index in [4.69, 9.17) is 19.9 Å². The topological polar surface area (TPSA) is 114 Å². The van der Waals surface area contributed by atoms with Gasteiger partial charge in [-0.05, 0) is 26.0 Å². The van der Waals surface area contributed by atoms with Crippen LogP contribution in [0.1, 0.15) is 40.5 Å². The minimum absolute atomic E-state index is 0.0896. The maximum Gasteiger partial charge on any atom is 0.360 e. The van der Waals surface area contributed by atoms with Gasteiger partial charge in [-0.25, -0.2) is 14.6 Å². The third-order valence-electron chi connectivity index (χ3n) is 3.19. The summed E-state index contributed by atoms with van der Waals surface area (Å²) in [4.78, 5) is 32.7. The van der Waals surface area contributed by atoms with Gasteiger partial charge in [0.15, 0.2) is 11.5 Å². The van der Waals surface area contributed by atoms with E-state index in [1.165, 1.54) is 14.2 Å². The van der Waals surface area contributed by atoms with Crippen LogP contribution in [-0.4, -0.2) is 36.1 Å². The second-order valence-electron chi connectivity index (χ2n) is 5.70. The summed E-state index contributed by atoms with van der Waals surface area (Å²) < 4.78 is 15.2. The van der Waals surface area contributed by atoms with Gasteiger partial charge < -0.3 is 19.9 Å². The molecule has 0 atom stereocenters. The molecule has 0 aliphatic rings. The Bertz CT molecular complexity index is 785. The van der Waals surface area contributed by atoms with E-state index < -0.39 is 17.5 Å². The van der Waals surface area contributed by atoms with Crippen molar-refractivity contribution in [1.29, 1.82) is 0 Å². The van der Waals surface area contributed by atoms with E-state index in [1.807, 2.05) is 0 Å². The molecule has 2 N–H and O–H groups in total. The fourth-order valence-electron chi connectivity index (χ4n) is 1.91. The van der Waals surface area contributed by atoms with Gasteiger partial charge >= 0.3 is 11.9 Å². The highest BCUT2D eigenvalue weighted by atomic mass is 16.6. The predicted molar refractivity (Wildman–Crippen MR) is 88.5 cm³/mol. The largest absolute Gasteiger partial charge is 0.478 e. The standard InChI is InChI=1S/C17H19N3O5/c1-17(2,18)16-19-11(15(22)24-4)12(13(20-16)23-3)25-14(21)10-8-6-5-7-9-10/h5-9H,18H2,1-4H3. The van der Waals surface area contributed by atoms with Crippen molar-refractivity contribution in [3.8, 4) is 11.6 Å². The molecule has 2 rings (SSSR count). The molecule has 0 bridgehead atoms. The van der Waals surface area contributed by atoms with Crippen LogP contribution in [0.15, 0.2) is 30.3 Å². The van der Waals surface area contributed by atoms with Crippen LogP contribution in [0, 0.1) is 0 Å². The minimum atomic E-state index is -0.946. The summed E-state index contributed by atoms with van der Waals surface area (Å²) in [6.07, 6.45) is 0. The maximum atomic E-state index is 12.3. The van der Waals surface area contributed by atoms with Crippen LogP contribution in [0.4, 0.5) is 0 Å². The van der Waals surface area contributed by atoms with Crippen LogP contribution in [0.3, 0.4) is 0 Å². The predicted octanol–water partition coefficient (Wildman–Crippen LogP) is 1.68. The van der Waals surface area contributed by atoms with Crippen LogP contribution in [0.25, 0.3) is 0 Å². The van der Waals surface area contributed by atoms with Crippen molar-refractivity contribution in [3.05, 3.63) is 47.4 Å². The van der Waals surface area contributed by atoms with E-state index in [0.29, 0.717) is 5.56 Å². The first-order chi connectivity index (χ1) is 11.8. The van der Waals surface area contributed by atoms with Gasteiger partial charge in [0.1, 0.15) is 0 Å². The van der Waals surface area contributed by atoms with Gasteiger partial charge in [-0.15, -0.1) is 0 Å². The van der Waals surface area contributed by atoms with Gasteiger partial charge in [0, 0.05) is 0 Å². The van der Waals surface area contributed by atoms with Crippen molar-refractivity contribution in [3.63, 3.8) is 0 Å². The first-order valence-corrected chi connectivity index (χ1v) is 7.39. The number of benzene rings is 1. The molecule has 1 aromatic carbocycles. The zero-order valence-electron chi connectivity index (χ0n) is 14.4. The summed E-state index contributed by atoms with van der Waals surface area (Å²) in [5.41, 5.74) is 5.10. The number of carbonyl (C=O) groups excluding carboxylic acids is 2. The Morgan fingerprint density at radius 1 is 1.04 bits per heavy atom. The Morgan fingerprint density at radius 2 is 1.68 bits per heavy atom. The first-order valence-electron chi connectivity index (χ1n) is 7.39. The lowest BCUT2D eigenvalue weighted by Crippen LogP contribution is -2.32. The van der Waals surface area contributed by atoms with Crippen molar-refractivity contribution in [2.24, 2.45) is 5.73 Å². The van der Waals surface area contributed by atoms with Gasteiger partial charge in [-0.3, -0.25) is 0 Å². The molecule has 8 heteroatoms. The molecule has 25 heavy (non-hydrogen) atoms. The summed E-state index contributed by atoms with van der Waals surface area (Å²) in [7, 11) is 2.52. The third-order valence-corrected chi connectivity index (χ3v) is 3.19. The molecule has 0 aliphatic heterocycles. The number of nitrogens with two attached hydrogens (primary N) is 1. The molecule has 0 radical (unpaired) electrons. The normalized spacial score (nSPS) is 10.9. The van der Waals surface area contributed by atoms with E-state index >= 15 is 0 Å². The molecule has 0 aliphatic carbocycles. The number of hydrogen-bond acceptors (Lipinski definition) is 8. The average Bonchev–Trinajstić information content (AvgIpc) is 2.60. The molecule has 0 saturated carbocycles. The Morgan fingerprint density at radius 3 is 2.20 bits per heavy atom. The smallest absolute Gasteiger partial charge is 0.360 e. The molecule has 2 aromatic rings. The Kier molecular flexibility index (Phi) is 5.33. The lowest BCUT2D eigenvalue weighted by molar-refractivity contribution is 0.0582. The number of hydrogen-bond donors (Lipinski definition) is 1. The van der Waals surface area contributed by atoms with E-state index in [-0.39, 0.29) is 23.1 Å². The number of aromatic nitrogens is 2. The van der Waals surface area contributed by atoms with E-state index in [0.717, 1.165) is 0 Å². The molecule has 0 spiro atoms. The minimum Gasteiger partial charge on any atom is -0.478 e. The molecule has 0 saturated heterocycles. The third kappa shape index (κ3) is 4.10. The SMILES string of the molecule is COC(=O)c1nc(C(C)(C)N)nc(OC)c1OC(=O)c1ccccc1. The highest BCUT2D eigenvalue weighted by Gasteiger charge is 2.29. The van der Waals surface area contributed by atoms with E-state index in [1.54, 1.807) is 44.2 Å². The number of nitrogens with zero attached hydrogens (tertiary/aromatic N) is 2. The van der Waals surface area contributed by atoms with E-state index in [9.17, 15) is 9.59 Å². The molecular weight excluding hydrogens is 326 g/mol. The Balaban J connectivity index is 2.55. The fraction of sp³-hybridized carbons (Fsp3) is 0.294. The van der Waals surface area contributed by atoms with Crippen molar-refractivity contribution >= 4 is 11.9 Å². The summed E-state index contributed by atoms with van der Waals surface area (Å²) in [5, 5.41) is 0. The average molecular weight is 345 g/mol. The number of ether oxygens (including phenoxy) is 3. The lowest BCUT2D eigenvalue weighted by atomic mass is 10.1. The number of rotatable bonds is 5. The second kappa shape index (κ2) is 7.27. The molecular formula is C17H19N3O5. The van der Waals surface area contributed by atoms with Crippen LogP contribution >= 0.6 is 0 Å². The Hall–Kier alpha value is -3.00. The molecule has 132 valence electrons. The second-order valence-corrected chi connectivity index (χ2v) is 5.70. The van der Waals surface area contributed by atoms with Gasteiger partial charge in [0.2, 0.25) is 5.75 Å². The lowest BCUT2D eigenvalue weighted by Gasteiger charge is -2.19. The van der Waals surface area contributed by atoms with E-state index in [2.05, 4.69) is 9.97 Å². The van der Waals surface area contributed by atoms with Gasteiger partial charge in [0.05, 0.1) is 25.3 Å². The summed E-state index contributed by atoms with van der Waals surface area (Å²) in [6.45, 7) is 3.33. The van der Waals surface area contributed by atoms with Crippen LogP contribution in [0.2, 0.25) is 0 Å². The molecule has 0 fully saturated rings. The summed E-state index contributed by atoms with van der Waals surface area (Å²) in [5.74, 6) is -1.66. The number of methoxy groups -OCH3 is 2. The summed E-state index contributed by atoms with van der Waals surface area (Å²) in [6, 6.07) is 8.28. The van der Waals surface area contributed by atoms with Crippen LogP contribution < -0.4 is 15.2 Å². The van der Waals surface area contributed by atoms with Crippen molar-refractivity contribution < 1.29 is 23.8 Å².